The minimum absolute atomic E-state index is 0.0588. The van der Waals surface area contributed by atoms with Crippen LogP contribution in [0.25, 0.3) is 0 Å². The first-order valence-electron chi connectivity index (χ1n) is 6.45. The lowest BCUT2D eigenvalue weighted by atomic mass is 9.98. The normalized spacial score (nSPS) is 13.2. The number of sulfone groups is 1. The van der Waals surface area contributed by atoms with Crippen LogP contribution in [0.2, 0.25) is 0 Å². The highest BCUT2D eigenvalue weighted by Gasteiger charge is 2.13. The van der Waals surface area contributed by atoms with Gasteiger partial charge in [0.1, 0.15) is 0 Å². The minimum atomic E-state index is -3.14. The van der Waals surface area contributed by atoms with Gasteiger partial charge in [-0.05, 0) is 37.2 Å². The molecule has 0 saturated heterocycles. The summed E-state index contributed by atoms with van der Waals surface area (Å²) >= 11 is 0. The summed E-state index contributed by atoms with van der Waals surface area (Å²) in [7, 11) is -1.24. The third-order valence-electron chi connectivity index (χ3n) is 3.31. The summed E-state index contributed by atoms with van der Waals surface area (Å²) in [5, 5.41) is 3.27. The van der Waals surface area contributed by atoms with Crippen LogP contribution in [0, 0.1) is 6.92 Å². The van der Waals surface area contributed by atoms with Crippen molar-refractivity contribution < 1.29 is 8.42 Å². The van der Waals surface area contributed by atoms with Crippen LogP contribution in [-0.2, 0) is 9.84 Å². The van der Waals surface area contributed by atoms with Gasteiger partial charge in [0.05, 0.1) is 10.9 Å². The summed E-state index contributed by atoms with van der Waals surface area (Å²) in [5.74, 6) is 0. The highest BCUT2D eigenvalue weighted by atomic mass is 32.2. The minimum Gasteiger partial charge on any atom is -0.309 e. The number of benzene rings is 2. The smallest absolute Gasteiger partial charge is 0.175 e. The van der Waals surface area contributed by atoms with E-state index in [-0.39, 0.29) is 6.04 Å². The monoisotopic (exact) mass is 289 g/mol. The number of rotatable bonds is 4. The SMILES string of the molecule is CNC(c1ccc(S(C)(=O)=O)cc1)c1cccc(C)c1. The molecule has 0 fully saturated rings. The average molecular weight is 289 g/mol. The fourth-order valence-electron chi connectivity index (χ4n) is 2.28. The molecule has 106 valence electrons. The Morgan fingerprint density at radius 1 is 1.00 bits per heavy atom. The third-order valence-corrected chi connectivity index (χ3v) is 4.43. The summed E-state index contributed by atoms with van der Waals surface area (Å²) in [5.41, 5.74) is 3.42. The Morgan fingerprint density at radius 3 is 2.15 bits per heavy atom. The Balaban J connectivity index is 2.38. The van der Waals surface area contributed by atoms with Crippen LogP contribution in [0.4, 0.5) is 0 Å². The van der Waals surface area contributed by atoms with Crippen molar-refractivity contribution in [1.29, 1.82) is 0 Å². The number of hydrogen-bond acceptors (Lipinski definition) is 3. The zero-order chi connectivity index (χ0) is 14.8. The molecule has 4 heteroatoms. The van der Waals surface area contributed by atoms with Crippen molar-refractivity contribution in [2.24, 2.45) is 0 Å². The van der Waals surface area contributed by atoms with E-state index >= 15 is 0 Å². The molecule has 2 aromatic carbocycles. The van der Waals surface area contributed by atoms with Crippen molar-refractivity contribution in [1.82, 2.24) is 5.32 Å². The Kier molecular flexibility index (Phi) is 4.26. The number of aryl methyl sites for hydroxylation is 1. The molecule has 0 saturated carbocycles. The summed E-state index contributed by atoms with van der Waals surface area (Å²) in [4.78, 5) is 0.348. The summed E-state index contributed by atoms with van der Waals surface area (Å²) < 4.78 is 23.0. The van der Waals surface area contributed by atoms with Crippen molar-refractivity contribution in [3.63, 3.8) is 0 Å². The van der Waals surface area contributed by atoms with E-state index in [1.165, 1.54) is 17.4 Å². The first kappa shape index (κ1) is 14.8. The van der Waals surface area contributed by atoms with E-state index in [0.717, 1.165) is 5.56 Å². The molecule has 0 aliphatic rings. The molecule has 3 nitrogen and oxygen atoms in total. The second-order valence-electron chi connectivity index (χ2n) is 4.98. The molecule has 2 rings (SSSR count). The maximum Gasteiger partial charge on any atom is 0.175 e. The van der Waals surface area contributed by atoms with Gasteiger partial charge in [-0.3, -0.25) is 0 Å². The second kappa shape index (κ2) is 5.77. The molecule has 0 aliphatic heterocycles. The highest BCUT2D eigenvalue weighted by Crippen LogP contribution is 2.23. The van der Waals surface area contributed by atoms with E-state index in [1.807, 2.05) is 25.2 Å². The van der Waals surface area contributed by atoms with E-state index in [4.69, 9.17) is 0 Å². The standard InChI is InChI=1S/C16H19NO2S/c1-12-5-4-6-14(11-12)16(17-2)13-7-9-15(10-8-13)20(3,18)19/h4-11,16-17H,1-3H3. The lowest BCUT2D eigenvalue weighted by Gasteiger charge is -2.18. The van der Waals surface area contributed by atoms with Crippen LogP contribution in [0.3, 0.4) is 0 Å². The van der Waals surface area contributed by atoms with Crippen molar-refractivity contribution in [2.45, 2.75) is 17.9 Å². The van der Waals surface area contributed by atoms with Crippen molar-refractivity contribution in [2.75, 3.05) is 13.3 Å². The van der Waals surface area contributed by atoms with Gasteiger partial charge in [-0.25, -0.2) is 8.42 Å². The first-order chi connectivity index (χ1) is 9.41. The molecule has 20 heavy (non-hydrogen) atoms. The van der Waals surface area contributed by atoms with Crippen molar-refractivity contribution in [3.8, 4) is 0 Å². The molecule has 2 aromatic rings. The number of hydrogen-bond donors (Lipinski definition) is 1. The topological polar surface area (TPSA) is 46.2 Å². The van der Waals surface area contributed by atoms with Gasteiger partial charge in [0.15, 0.2) is 9.84 Å². The Morgan fingerprint density at radius 2 is 1.65 bits per heavy atom. The van der Waals surface area contributed by atoms with Crippen LogP contribution < -0.4 is 5.32 Å². The van der Waals surface area contributed by atoms with E-state index in [2.05, 4.69) is 30.4 Å². The fraction of sp³-hybridized carbons (Fsp3) is 0.250. The van der Waals surface area contributed by atoms with Gasteiger partial charge in [-0.15, -0.1) is 0 Å². The molecular formula is C16H19NO2S. The van der Waals surface area contributed by atoms with Gasteiger partial charge in [-0.2, -0.15) is 0 Å². The molecule has 0 radical (unpaired) electrons. The second-order valence-corrected chi connectivity index (χ2v) is 6.99. The predicted octanol–water partition coefficient (Wildman–Crippen LogP) is 2.71. The molecule has 0 aromatic heterocycles. The number of nitrogens with one attached hydrogen (secondary N) is 1. The van der Waals surface area contributed by atoms with Crippen molar-refractivity contribution in [3.05, 3.63) is 65.2 Å². The molecule has 1 unspecified atom stereocenters. The average Bonchev–Trinajstić information content (AvgIpc) is 2.39. The van der Waals surface area contributed by atoms with Gasteiger partial charge in [0, 0.05) is 6.26 Å². The lowest BCUT2D eigenvalue weighted by molar-refractivity contribution is 0.601. The van der Waals surface area contributed by atoms with Crippen LogP contribution in [0.5, 0.6) is 0 Å². The lowest BCUT2D eigenvalue weighted by Crippen LogP contribution is -2.17. The molecule has 0 spiro atoms. The maximum atomic E-state index is 11.5. The molecule has 0 aliphatic carbocycles. The summed E-state index contributed by atoms with van der Waals surface area (Å²) in [6, 6.07) is 15.4. The Bertz CT molecular complexity index is 691. The Hall–Kier alpha value is -1.65. The van der Waals surface area contributed by atoms with E-state index in [0.29, 0.717) is 4.90 Å². The van der Waals surface area contributed by atoms with E-state index < -0.39 is 9.84 Å². The quantitative estimate of drug-likeness (QED) is 0.941. The van der Waals surface area contributed by atoms with Gasteiger partial charge in [0.2, 0.25) is 0 Å². The van der Waals surface area contributed by atoms with Gasteiger partial charge in [-0.1, -0.05) is 42.0 Å². The van der Waals surface area contributed by atoms with Crippen LogP contribution in [0.1, 0.15) is 22.7 Å². The van der Waals surface area contributed by atoms with Gasteiger partial charge in [0.25, 0.3) is 0 Å². The van der Waals surface area contributed by atoms with Crippen LogP contribution >= 0.6 is 0 Å². The zero-order valence-corrected chi connectivity index (χ0v) is 12.7. The van der Waals surface area contributed by atoms with E-state index in [1.54, 1.807) is 12.1 Å². The highest BCUT2D eigenvalue weighted by molar-refractivity contribution is 7.90. The molecule has 0 amide bonds. The largest absolute Gasteiger partial charge is 0.309 e. The predicted molar refractivity (Wildman–Crippen MR) is 81.6 cm³/mol. The zero-order valence-electron chi connectivity index (χ0n) is 11.9. The molecular weight excluding hydrogens is 270 g/mol. The summed E-state index contributed by atoms with van der Waals surface area (Å²) in [6.07, 6.45) is 1.22. The van der Waals surface area contributed by atoms with Crippen LogP contribution in [0.15, 0.2) is 53.4 Å². The fourth-order valence-corrected chi connectivity index (χ4v) is 2.91. The maximum absolute atomic E-state index is 11.5. The molecule has 1 N–H and O–H groups in total. The summed E-state index contributed by atoms with van der Waals surface area (Å²) in [6.45, 7) is 2.06. The van der Waals surface area contributed by atoms with E-state index in [9.17, 15) is 8.42 Å². The van der Waals surface area contributed by atoms with Crippen molar-refractivity contribution >= 4 is 9.84 Å². The first-order valence-corrected chi connectivity index (χ1v) is 8.35. The molecule has 0 bridgehead atoms. The molecule has 1 atom stereocenters. The Labute approximate surface area is 120 Å². The van der Waals surface area contributed by atoms with Crippen LogP contribution in [-0.4, -0.2) is 21.7 Å². The van der Waals surface area contributed by atoms with Gasteiger partial charge >= 0.3 is 0 Å². The van der Waals surface area contributed by atoms with Gasteiger partial charge < -0.3 is 5.32 Å². The molecule has 0 heterocycles. The third kappa shape index (κ3) is 3.26.